The fourth-order valence-electron chi connectivity index (χ4n) is 2.36. The van der Waals surface area contributed by atoms with E-state index in [0.717, 1.165) is 11.1 Å². The van der Waals surface area contributed by atoms with Crippen LogP contribution in [0.3, 0.4) is 0 Å². The van der Waals surface area contributed by atoms with Crippen LogP contribution in [0, 0.1) is 6.92 Å². The number of hydrogen-bond acceptors (Lipinski definition) is 4. The molecule has 140 valence electrons. The summed E-state index contributed by atoms with van der Waals surface area (Å²) in [4.78, 5) is 11.9. The standard InChI is InChI=1S/C20H27N3O3/c1-15-8-6-7-9-17(15)12-22-20(25)23-16(2)21-13-18(24)14-26-19-10-4-3-5-11-19/h3-11,16,18,21,24H,12-14H2,1-2H3,(H2,22,23,25). The van der Waals surface area contributed by atoms with Gasteiger partial charge >= 0.3 is 6.03 Å². The summed E-state index contributed by atoms with van der Waals surface area (Å²) in [5.41, 5.74) is 2.22. The number of rotatable bonds is 9. The third-order valence-electron chi connectivity index (χ3n) is 3.89. The lowest BCUT2D eigenvalue weighted by atomic mass is 10.1. The first-order chi connectivity index (χ1) is 12.5. The number of aryl methyl sites for hydroxylation is 1. The molecule has 2 aromatic rings. The van der Waals surface area contributed by atoms with Gasteiger partial charge in [-0.3, -0.25) is 5.32 Å². The van der Waals surface area contributed by atoms with Gasteiger partial charge in [-0.05, 0) is 37.1 Å². The number of aliphatic hydroxyl groups excluding tert-OH is 1. The number of ether oxygens (including phenoxy) is 1. The zero-order valence-corrected chi connectivity index (χ0v) is 15.2. The maximum Gasteiger partial charge on any atom is 0.316 e. The van der Waals surface area contributed by atoms with Crippen molar-refractivity contribution in [2.45, 2.75) is 32.7 Å². The summed E-state index contributed by atoms with van der Waals surface area (Å²) in [7, 11) is 0. The van der Waals surface area contributed by atoms with E-state index in [1.165, 1.54) is 0 Å². The number of carbonyl (C=O) groups excluding carboxylic acids is 1. The van der Waals surface area contributed by atoms with Crippen molar-refractivity contribution in [3.05, 3.63) is 65.7 Å². The number of hydrogen-bond donors (Lipinski definition) is 4. The summed E-state index contributed by atoms with van der Waals surface area (Å²) >= 11 is 0. The predicted octanol–water partition coefficient (Wildman–Crippen LogP) is 2.17. The molecule has 0 fully saturated rings. The molecule has 0 aliphatic rings. The molecule has 0 saturated carbocycles. The summed E-state index contributed by atoms with van der Waals surface area (Å²) in [6.07, 6.45) is -0.951. The largest absolute Gasteiger partial charge is 0.491 e. The minimum Gasteiger partial charge on any atom is -0.491 e. The van der Waals surface area contributed by atoms with E-state index in [-0.39, 0.29) is 18.8 Å². The van der Waals surface area contributed by atoms with E-state index < -0.39 is 6.10 Å². The maximum atomic E-state index is 11.9. The Bertz CT molecular complexity index is 679. The van der Waals surface area contributed by atoms with Crippen molar-refractivity contribution in [2.24, 2.45) is 0 Å². The molecule has 0 heterocycles. The number of amides is 2. The lowest BCUT2D eigenvalue weighted by Crippen LogP contribution is -2.49. The average Bonchev–Trinajstić information content (AvgIpc) is 2.65. The minimum atomic E-state index is -0.672. The highest BCUT2D eigenvalue weighted by molar-refractivity contribution is 5.74. The van der Waals surface area contributed by atoms with Crippen LogP contribution in [0.2, 0.25) is 0 Å². The van der Waals surface area contributed by atoms with Crippen LogP contribution in [0.1, 0.15) is 18.1 Å². The van der Waals surface area contributed by atoms with Gasteiger partial charge in [0, 0.05) is 13.1 Å². The Balaban J connectivity index is 1.62. The quantitative estimate of drug-likeness (QED) is 0.519. The van der Waals surface area contributed by atoms with Crippen molar-refractivity contribution < 1.29 is 14.6 Å². The summed E-state index contributed by atoms with van der Waals surface area (Å²) in [6.45, 7) is 4.80. The molecule has 0 radical (unpaired) electrons. The first-order valence-electron chi connectivity index (χ1n) is 8.73. The Morgan fingerprint density at radius 2 is 1.81 bits per heavy atom. The van der Waals surface area contributed by atoms with Gasteiger partial charge in [-0.2, -0.15) is 0 Å². The van der Waals surface area contributed by atoms with Crippen molar-refractivity contribution in [1.82, 2.24) is 16.0 Å². The summed E-state index contributed by atoms with van der Waals surface area (Å²) in [5.74, 6) is 0.716. The van der Waals surface area contributed by atoms with E-state index in [4.69, 9.17) is 4.74 Å². The molecule has 0 aliphatic carbocycles. The molecule has 2 rings (SSSR count). The van der Waals surface area contributed by atoms with Crippen LogP contribution < -0.4 is 20.7 Å². The van der Waals surface area contributed by atoms with Crippen molar-refractivity contribution in [1.29, 1.82) is 0 Å². The summed E-state index contributed by atoms with van der Waals surface area (Å²) in [6, 6.07) is 17.0. The van der Waals surface area contributed by atoms with Gasteiger partial charge in [0.2, 0.25) is 0 Å². The molecule has 6 nitrogen and oxygen atoms in total. The smallest absolute Gasteiger partial charge is 0.316 e. The molecule has 0 saturated heterocycles. The Kier molecular flexibility index (Phi) is 7.92. The molecule has 6 heteroatoms. The Morgan fingerprint density at radius 1 is 1.12 bits per heavy atom. The molecular weight excluding hydrogens is 330 g/mol. The topological polar surface area (TPSA) is 82.6 Å². The number of carbonyl (C=O) groups is 1. The van der Waals surface area contributed by atoms with Crippen LogP contribution in [0.25, 0.3) is 0 Å². The van der Waals surface area contributed by atoms with Crippen LogP contribution >= 0.6 is 0 Å². The van der Waals surface area contributed by atoms with Crippen LogP contribution in [0.15, 0.2) is 54.6 Å². The molecule has 2 atom stereocenters. The Morgan fingerprint density at radius 3 is 2.54 bits per heavy atom. The lowest BCUT2D eigenvalue weighted by molar-refractivity contribution is 0.103. The normalized spacial score (nSPS) is 12.9. The van der Waals surface area contributed by atoms with Gasteiger partial charge in [0.05, 0.1) is 6.17 Å². The first kappa shape index (κ1) is 19.8. The fraction of sp³-hybridized carbons (Fsp3) is 0.350. The highest BCUT2D eigenvalue weighted by Gasteiger charge is 2.10. The van der Waals surface area contributed by atoms with Crippen LogP contribution in [0.4, 0.5) is 4.79 Å². The summed E-state index contributed by atoms with van der Waals surface area (Å²) < 4.78 is 5.49. The van der Waals surface area contributed by atoms with Crippen molar-refractivity contribution in [3.8, 4) is 5.75 Å². The first-order valence-corrected chi connectivity index (χ1v) is 8.73. The van der Waals surface area contributed by atoms with E-state index in [0.29, 0.717) is 18.8 Å². The van der Waals surface area contributed by atoms with E-state index in [2.05, 4.69) is 16.0 Å². The van der Waals surface area contributed by atoms with Crippen LogP contribution in [-0.4, -0.2) is 36.6 Å². The molecule has 2 aromatic carbocycles. The number of benzene rings is 2. The molecule has 0 spiro atoms. The maximum absolute atomic E-state index is 11.9. The minimum absolute atomic E-state index is 0.184. The lowest BCUT2D eigenvalue weighted by Gasteiger charge is -2.19. The van der Waals surface area contributed by atoms with Gasteiger partial charge in [0.25, 0.3) is 0 Å². The van der Waals surface area contributed by atoms with Gasteiger partial charge in [-0.15, -0.1) is 0 Å². The van der Waals surface area contributed by atoms with E-state index in [1.807, 2.05) is 68.4 Å². The van der Waals surface area contributed by atoms with Crippen LogP contribution in [0.5, 0.6) is 5.75 Å². The van der Waals surface area contributed by atoms with Gasteiger partial charge < -0.3 is 20.5 Å². The third kappa shape index (κ3) is 7.13. The Labute approximate surface area is 154 Å². The third-order valence-corrected chi connectivity index (χ3v) is 3.89. The van der Waals surface area contributed by atoms with E-state index in [1.54, 1.807) is 0 Å². The van der Waals surface area contributed by atoms with Crippen molar-refractivity contribution >= 4 is 6.03 Å². The average molecular weight is 357 g/mol. The molecule has 0 aromatic heterocycles. The molecule has 2 unspecified atom stereocenters. The second-order valence-corrected chi connectivity index (χ2v) is 6.16. The molecule has 26 heavy (non-hydrogen) atoms. The van der Waals surface area contributed by atoms with Gasteiger partial charge in [0.15, 0.2) is 0 Å². The number of para-hydroxylation sites is 1. The van der Waals surface area contributed by atoms with E-state index in [9.17, 15) is 9.90 Å². The molecule has 0 bridgehead atoms. The molecule has 0 aliphatic heterocycles. The SMILES string of the molecule is Cc1ccccc1CNC(=O)NC(C)NCC(O)COc1ccccc1. The van der Waals surface area contributed by atoms with Crippen molar-refractivity contribution in [3.63, 3.8) is 0 Å². The highest BCUT2D eigenvalue weighted by Crippen LogP contribution is 2.08. The Hall–Kier alpha value is -2.57. The molecule has 2 amide bonds. The zero-order valence-electron chi connectivity index (χ0n) is 15.2. The fourth-order valence-corrected chi connectivity index (χ4v) is 2.36. The zero-order chi connectivity index (χ0) is 18.8. The number of nitrogens with one attached hydrogen (secondary N) is 3. The molecular formula is C20H27N3O3. The second-order valence-electron chi connectivity index (χ2n) is 6.16. The van der Waals surface area contributed by atoms with Gasteiger partial charge in [0.1, 0.15) is 18.5 Å². The monoisotopic (exact) mass is 357 g/mol. The number of aliphatic hydroxyl groups is 1. The summed E-state index contributed by atoms with van der Waals surface area (Å²) in [5, 5.41) is 18.6. The van der Waals surface area contributed by atoms with E-state index >= 15 is 0 Å². The van der Waals surface area contributed by atoms with Crippen LogP contribution in [-0.2, 0) is 6.54 Å². The van der Waals surface area contributed by atoms with Gasteiger partial charge in [-0.25, -0.2) is 4.79 Å². The second kappa shape index (κ2) is 10.4. The van der Waals surface area contributed by atoms with Crippen molar-refractivity contribution in [2.75, 3.05) is 13.2 Å². The van der Waals surface area contributed by atoms with Gasteiger partial charge in [-0.1, -0.05) is 42.5 Å². The molecule has 4 N–H and O–H groups in total. The number of urea groups is 1. The predicted molar refractivity (Wildman–Crippen MR) is 102 cm³/mol. The highest BCUT2D eigenvalue weighted by atomic mass is 16.5.